The van der Waals surface area contributed by atoms with Crippen molar-refractivity contribution in [2.24, 2.45) is 10.2 Å². The van der Waals surface area contributed by atoms with Gasteiger partial charge in [0, 0.05) is 23.0 Å². The van der Waals surface area contributed by atoms with Crippen molar-refractivity contribution >= 4 is 28.8 Å². The Kier molecular flexibility index (Phi) is 8.29. The van der Waals surface area contributed by atoms with Crippen LogP contribution in [0.25, 0.3) is 17.1 Å². The topological polar surface area (TPSA) is 77.1 Å². The second kappa shape index (κ2) is 12.0. The molecule has 1 aliphatic heterocycles. The number of alkyl halides is 3. The highest BCUT2D eigenvalue weighted by Gasteiger charge is 2.31. The Bertz CT molecular complexity index is 1550. The van der Waals surface area contributed by atoms with Gasteiger partial charge < -0.3 is 14.4 Å². The van der Waals surface area contributed by atoms with Gasteiger partial charge in [-0.3, -0.25) is 0 Å². The minimum absolute atomic E-state index is 0.287. The molecule has 0 bridgehead atoms. The lowest BCUT2D eigenvalue weighted by Crippen LogP contribution is -2.41. The SMILES string of the molecule is COc1ccc(N2C(=NN=Cc3ccc(-c4ncn(-c5ccc(OC(F)(F)F)cc5)n4)cc3)SCCC2C)c(C)c1. The van der Waals surface area contributed by atoms with Crippen molar-refractivity contribution in [2.45, 2.75) is 32.7 Å². The van der Waals surface area contributed by atoms with Gasteiger partial charge in [-0.05, 0) is 73.9 Å². The summed E-state index contributed by atoms with van der Waals surface area (Å²) in [7, 11) is 1.66. The number of halogens is 3. The van der Waals surface area contributed by atoms with Crippen LogP contribution >= 0.6 is 11.8 Å². The number of anilines is 1. The average molecular weight is 581 g/mol. The molecule has 8 nitrogen and oxygen atoms in total. The number of hydrogen-bond acceptors (Lipinski definition) is 7. The maximum Gasteiger partial charge on any atom is 0.573 e. The van der Waals surface area contributed by atoms with Gasteiger partial charge in [0.05, 0.1) is 19.0 Å². The zero-order chi connectivity index (χ0) is 29.0. The minimum Gasteiger partial charge on any atom is -0.497 e. The molecule has 1 atom stereocenters. The second-order valence-electron chi connectivity index (χ2n) is 9.31. The van der Waals surface area contributed by atoms with Crippen LogP contribution in [-0.4, -0.2) is 51.4 Å². The Morgan fingerprint density at radius 3 is 2.44 bits per heavy atom. The Morgan fingerprint density at radius 2 is 1.76 bits per heavy atom. The lowest BCUT2D eigenvalue weighted by molar-refractivity contribution is -0.274. The quantitative estimate of drug-likeness (QED) is 0.175. The maximum absolute atomic E-state index is 12.4. The van der Waals surface area contributed by atoms with Crippen LogP contribution in [0.3, 0.4) is 0 Å². The Balaban J connectivity index is 1.27. The van der Waals surface area contributed by atoms with Crippen LogP contribution in [-0.2, 0) is 0 Å². The normalized spacial score (nSPS) is 16.9. The number of rotatable bonds is 7. The van der Waals surface area contributed by atoms with E-state index in [1.807, 2.05) is 36.4 Å². The molecular weight excluding hydrogens is 553 g/mol. The largest absolute Gasteiger partial charge is 0.573 e. The first-order chi connectivity index (χ1) is 19.7. The molecule has 1 fully saturated rings. The molecule has 2 heterocycles. The van der Waals surface area contributed by atoms with Crippen molar-refractivity contribution in [1.29, 1.82) is 0 Å². The van der Waals surface area contributed by atoms with E-state index in [1.165, 1.54) is 35.3 Å². The summed E-state index contributed by atoms with van der Waals surface area (Å²) in [6.07, 6.45) is -0.496. The molecule has 1 unspecified atom stereocenters. The smallest absolute Gasteiger partial charge is 0.497 e. The van der Waals surface area contributed by atoms with Gasteiger partial charge in [0.15, 0.2) is 11.0 Å². The lowest BCUT2D eigenvalue weighted by Gasteiger charge is -2.36. The van der Waals surface area contributed by atoms with Crippen molar-refractivity contribution in [2.75, 3.05) is 17.8 Å². The molecule has 0 amide bonds. The van der Waals surface area contributed by atoms with Crippen LogP contribution in [0.4, 0.5) is 18.9 Å². The van der Waals surface area contributed by atoms with Crippen LogP contribution < -0.4 is 14.4 Å². The second-order valence-corrected chi connectivity index (χ2v) is 10.4. The number of aromatic nitrogens is 3. The van der Waals surface area contributed by atoms with Crippen molar-refractivity contribution < 1.29 is 22.6 Å². The van der Waals surface area contributed by atoms with Crippen LogP contribution in [0.2, 0.25) is 0 Å². The van der Waals surface area contributed by atoms with Crippen molar-refractivity contribution in [1.82, 2.24) is 14.8 Å². The first kappa shape index (κ1) is 28.2. The van der Waals surface area contributed by atoms with Crippen LogP contribution in [0.15, 0.2) is 83.3 Å². The summed E-state index contributed by atoms with van der Waals surface area (Å²) in [5.74, 6) is 1.96. The molecule has 3 aromatic carbocycles. The number of nitrogens with zero attached hydrogens (tertiary/aromatic N) is 6. The van der Waals surface area contributed by atoms with E-state index < -0.39 is 6.36 Å². The van der Waals surface area contributed by atoms with E-state index in [9.17, 15) is 13.2 Å². The zero-order valence-electron chi connectivity index (χ0n) is 22.5. The molecule has 0 radical (unpaired) electrons. The molecule has 1 aliphatic rings. The van der Waals surface area contributed by atoms with E-state index in [1.54, 1.807) is 25.1 Å². The van der Waals surface area contributed by atoms with Gasteiger partial charge in [-0.15, -0.1) is 23.4 Å². The number of hydrogen-bond donors (Lipinski definition) is 0. The van der Waals surface area contributed by atoms with Gasteiger partial charge in [0.2, 0.25) is 0 Å². The van der Waals surface area contributed by atoms with Crippen molar-refractivity contribution in [3.63, 3.8) is 0 Å². The van der Waals surface area contributed by atoms with Crippen molar-refractivity contribution in [3.05, 3.63) is 84.2 Å². The predicted molar refractivity (Wildman–Crippen MR) is 155 cm³/mol. The molecule has 4 aromatic rings. The minimum atomic E-state index is -4.74. The summed E-state index contributed by atoms with van der Waals surface area (Å²) in [5, 5.41) is 14.2. The molecule has 0 N–H and O–H groups in total. The zero-order valence-corrected chi connectivity index (χ0v) is 23.4. The molecule has 1 saturated heterocycles. The standard InChI is InChI=1S/C29H27F3N6O2S/c1-19-16-25(39-3)12-13-26(19)38-20(2)14-15-41-28(38)35-34-17-21-4-6-22(7-5-21)27-33-18-37(36-27)23-8-10-24(11-9-23)40-29(30,31)32/h4-13,16-18,20H,14-15H2,1-3H3. The number of ether oxygens (including phenoxy) is 2. The molecule has 0 spiro atoms. The van der Waals surface area contributed by atoms with Gasteiger partial charge >= 0.3 is 6.36 Å². The summed E-state index contributed by atoms with van der Waals surface area (Å²) in [6, 6.07) is 19.3. The predicted octanol–water partition coefficient (Wildman–Crippen LogP) is 6.87. The number of aryl methyl sites for hydroxylation is 1. The highest BCUT2D eigenvalue weighted by atomic mass is 32.2. The highest BCUT2D eigenvalue weighted by Crippen LogP contribution is 2.33. The lowest BCUT2D eigenvalue weighted by atomic mass is 10.1. The summed E-state index contributed by atoms with van der Waals surface area (Å²) >= 11 is 1.68. The summed E-state index contributed by atoms with van der Waals surface area (Å²) < 4.78 is 47.9. The fourth-order valence-corrected chi connectivity index (χ4v) is 5.50. The van der Waals surface area contributed by atoms with Gasteiger partial charge in [0.25, 0.3) is 0 Å². The van der Waals surface area contributed by atoms with Gasteiger partial charge in [-0.2, -0.15) is 5.10 Å². The molecule has 0 saturated carbocycles. The number of thioether (sulfide) groups is 1. The first-order valence-corrected chi connectivity index (χ1v) is 13.7. The molecule has 1 aromatic heterocycles. The average Bonchev–Trinajstić information content (AvgIpc) is 3.44. The molecule has 41 heavy (non-hydrogen) atoms. The van der Waals surface area contributed by atoms with Gasteiger partial charge in [-0.1, -0.05) is 36.0 Å². The van der Waals surface area contributed by atoms with E-state index in [4.69, 9.17) is 4.74 Å². The van der Waals surface area contributed by atoms with E-state index in [0.29, 0.717) is 11.5 Å². The van der Waals surface area contributed by atoms with Crippen molar-refractivity contribution in [3.8, 4) is 28.6 Å². The maximum atomic E-state index is 12.4. The third kappa shape index (κ3) is 6.88. The third-order valence-electron chi connectivity index (χ3n) is 6.42. The summed E-state index contributed by atoms with van der Waals surface area (Å²) in [5.41, 5.74) is 4.38. The number of methoxy groups -OCH3 is 1. The monoisotopic (exact) mass is 580 g/mol. The van der Waals surface area contributed by atoms with Crippen LogP contribution in [0.1, 0.15) is 24.5 Å². The van der Waals surface area contributed by atoms with E-state index >= 15 is 0 Å². The molecule has 12 heteroatoms. The molecule has 0 aliphatic carbocycles. The number of amidine groups is 1. The highest BCUT2D eigenvalue weighted by molar-refractivity contribution is 8.14. The molecular formula is C29H27F3N6O2S. The summed E-state index contributed by atoms with van der Waals surface area (Å²) in [6.45, 7) is 4.25. The van der Waals surface area contributed by atoms with E-state index in [-0.39, 0.29) is 11.8 Å². The Hall–Kier alpha value is -4.32. The Labute approximate surface area is 239 Å². The Morgan fingerprint density at radius 1 is 1.02 bits per heavy atom. The van der Waals surface area contributed by atoms with E-state index in [2.05, 4.69) is 49.8 Å². The van der Waals surface area contributed by atoms with Crippen LogP contribution in [0.5, 0.6) is 11.5 Å². The van der Waals surface area contributed by atoms with Gasteiger partial charge in [-0.25, -0.2) is 9.67 Å². The molecule has 212 valence electrons. The molecule has 5 rings (SSSR count). The fraction of sp³-hybridized carbons (Fsp3) is 0.241. The third-order valence-corrected chi connectivity index (χ3v) is 7.40. The van der Waals surface area contributed by atoms with Crippen LogP contribution in [0, 0.1) is 6.92 Å². The van der Waals surface area contributed by atoms with E-state index in [0.717, 1.165) is 45.5 Å². The fourth-order valence-electron chi connectivity index (χ4n) is 4.33. The van der Waals surface area contributed by atoms with Gasteiger partial charge in [0.1, 0.15) is 17.8 Å². The summed E-state index contributed by atoms with van der Waals surface area (Å²) in [4.78, 5) is 6.55. The first-order valence-electron chi connectivity index (χ1n) is 12.8. The number of benzene rings is 3.